The molecule has 0 bridgehead atoms. The van der Waals surface area contributed by atoms with Gasteiger partial charge in [0.05, 0.1) is 18.8 Å². The number of benzene rings is 1. The standard InChI is InChI=1S/C20H25N5O2S.HI/c1-6-15-8-7-9-16(10-15)23-18(26)11-22-20(21-3)25(4)12-17-13-28-19(24-17)14(2)27-5;/h1,7-10,13-14H,11-12H2,2-5H3,(H,21,22)(H,23,26);1H. The Labute approximate surface area is 193 Å². The highest BCUT2D eigenvalue weighted by Crippen LogP contribution is 2.20. The molecule has 9 heteroatoms. The molecule has 0 spiro atoms. The van der Waals surface area contributed by atoms with Gasteiger partial charge in [0.1, 0.15) is 11.1 Å². The number of methoxy groups -OCH3 is 1. The number of hydrogen-bond acceptors (Lipinski definition) is 5. The first-order chi connectivity index (χ1) is 13.5. The fraction of sp³-hybridized carbons (Fsp3) is 0.350. The van der Waals surface area contributed by atoms with Crippen LogP contribution in [0.5, 0.6) is 0 Å². The smallest absolute Gasteiger partial charge is 0.243 e. The van der Waals surface area contributed by atoms with E-state index in [4.69, 9.17) is 11.2 Å². The first-order valence-corrected chi connectivity index (χ1v) is 9.60. The summed E-state index contributed by atoms with van der Waals surface area (Å²) < 4.78 is 5.29. The molecule has 1 heterocycles. The molecular weight excluding hydrogens is 501 g/mol. The summed E-state index contributed by atoms with van der Waals surface area (Å²) >= 11 is 1.56. The van der Waals surface area contributed by atoms with Gasteiger partial charge in [-0.25, -0.2) is 4.98 Å². The van der Waals surface area contributed by atoms with E-state index in [1.54, 1.807) is 43.7 Å². The summed E-state index contributed by atoms with van der Waals surface area (Å²) in [6, 6.07) is 7.15. The molecule has 29 heavy (non-hydrogen) atoms. The minimum absolute atomic E-state index is 0. The van der Waals surface area contributed by atoms with E-state index in [1.807, 2.05) is 30.3 Å². The van der Waals surface area contributed by atoms with Crippen molar-refractivity contribution in [2.45, 2.75) is 19.6 Å². The fourth-order valence-electron chi connectivity index (χ4n) is 2.44. The zero-order valence-corrected chi connectivity index (χ0v) is 20.1. The third-order valence-electron chi connectivity index (χ3n) is 3.96. The lowest BCUT2D eigenvalue weighted by Crippen LogP contribution is -2.42. The number of guanidine groups is 1. The number of nitrogens with zero attached hydrogens (tertiary/aromatic N) is 3. The molecule has 156 valence electrons. The average molecular weight is 527 g/mol. The Balaban J connectivity index is 0.00000420. The molecule has 1 atom stereocenters. The molecule has 1 unspecified atom stereocenters. The predicted octanol–water partition coefficient (Wildman–Crippen LogP) is 3.10. The molecule has 0 saturated heterocycles. The number of rotatable bonds is 7. The summed E-state index contributed by atoms with van der Waals surface area (Å²) in [4.78, 5) is 22.9. The number of terminal acetylenes is 1. The molecular formula is C20H26IN5O2S. The predicted molar refractivity (Wildman–Crippen MR) is 129 cm³/mol. The highest BCUT2D eigenvalue weighted by molar-refractivity contribution is 14.0. The van der Waals surface area contributed by atoms with Gasteiger partial charge >= 0.3 is 0 Å². The zero-order valence-electron chi connectivity index (χ0n) is 16.9. The quantitative estimate of drug-likeness (QED) is 0.251. The number of amides is 1. The van der Waals surface area contributed by atoms with Gasteiger partial charge in [0.25, 0.3) is 0 Å². The van der Waals surface area contributed by atoms with Crippen molar-refractivity contribution in [3.8, 4) is 12.3 Å². The first kappa shape index (κ1) is 24.9. The van der Waals surface area contributed by atoms with E-state index in [-0.39, 0.29) is 42.5 Å². The van der Waals surface area contributed by atoms with Crippen LogP contribution in [0.4, 0.5) is 5.69 Å². The Morgan fingerprint density at radius 2 is 2.24 bits per heavy atom. The van der Waals surface area contributed by atoms with Crippen molar-refractivity contribution in [3.05, 3.63) is 45.9 Å². The SMILES string of the molecule is C#Cc1cccc(NC(=O)CNC(=NC)N(C)Cc2csc(C(C)OC)n2)c1.I. The van der Waals surface area contributed by atoms with Gasteiger partial charge in [0.2, 0.25) is 5.91 Å². The van der Waals surface area contributed by atoms with Crippen molar-refractivity contribution < 1.29 is 9.53 Å². The first-order valence-electron chi connectivity index (χ1n) is 8.72. The van der Waals surface area contributed by atoms with E-state index in [2.05, 4.69) is 26.5 Å². The Morgan fingerprint density at radius 1 is 1.48 bits per heavy atom. The van der Waals surface area contributed by atoms with Gasteiger partial charge in [-0.3, -0.25) is 9.79 Å². The number of nitrogens with one attached hydrogen (secondary N) is 2. The molecule has 1 amide bonds. The van der Waals surface area contributed by atoms with Crippen LogP contribution in [0.15, 0.2) is 34.6 Å². The van der Waals surface area contributed by atoms with E-state index in [0.717, 1.165) is 10.7 Å². The molecule has 7 nitrogen and oxygen atoms in total. The van der Waals surface area contributed by atoms with Gasteiger partial charge in [0.15, 0.2) is 5.96 Å². The second-order valence-corrected chi connectivity index (χ2v) is 6.97. The van der Waals surface area contributed by atoms with E-state index < -0.39 is 0 Å². The van der Waals surface area contributed by atoms with Gasteiger partial charge in [-0.15, -0.1) is 41.7 Å². The van der Waals surface area contributed by atoms with Crippen molar-refractivity contribution in [2.75, 3.05) is 33.1 Å². The number of thiazole rings is 1. The normalized spacial score (nSPS) is 11.8. The Morgan fingerprint density at radius 3 is 2.90 bits per heavy atom. The summed E-state index contributed by atoms with van der Waals surface area (Å²) in [6.45, 7) is 2.61. The van der Waals surface area contributed by atoms with Crippen LogP contribution in [0, 0.1) is 12.3 Å². The third kappa shape index (κ3) is 7.64. The molecule has 0 saturated carbocycles. The number of carbonyl (C=O) groups is 1. The van der Waals surface area contributed by atoms with Gasteiger partial charge in [0, 0.05) is 37.8 Å². The van der Waals surface area contributed by atoms with Crippen LogP contribution in [-0.2, 0) is 16.1 Å². The highest BCUT2D eigenvalue weighted by Gasteiger charge is 2.13. The zero-order chi connectivity index (χ0) is 20.5. The maximum atomic E-state index is 12.2. The lowest BCUT2D eigenvalue weighted by Gasteiger charge is -2.21. The van der Waals surface area contributed by atoms with E-state index in [9.17, 15) is 4.79 Å². The van der Waals surface area contributed by atoms with E-state index in [1.165, 1.54) is 0 Å². The lowest BCUT2D eigenvalue weighted by atomic mass is 10.2. The Bertz CT molecular complexity index is 878. The molecule has 0 radical (unpaired) electrons. The molecule has 0 aliphatic heterocycles. The second-order valence-electron chi connectivity index (χ2n) is 6.09. The van der Waals surface area contributed by atoms with Crippen LogP contribution >= 0.6 is 35.3 Å². The number of anilines is 1. The summed E-state index contributed by atoms with van der Waals surface area (Å²) in [6.07, 6.45) is 5.35. The van der Waals surface area contributed by atoms with Crippen LogP contribution in [0.1, 0.15) is 29.3 Å². The fourth-order valence-corrected chi connectivity index (χ4v) is 3.28. The number of aliphatic imine (C=N–C) groups is 1. The number of carbonyl (C=O) groups excluding carboxylic acids is 1. The molecule has 1 aromatic heterocycles. The maximum absolute atomic E-state index is 12.2. The number of aromatic nitrogens is 1. The number of ether oxygens (including phenoxy) is 1. The van der Waals surface area contributed by atoms with Crippen molar-refractivity contribution in [2.24, 2.45) is 4.99 Å². The van der Waals surface area contributed by atoms with Crippen LogP contribution in [0.3, 0.4) is 0 Å². The van der Waals surface area contributed by atoms with Gasteiger partial charge in [-0.1, -0.05) is 12.0 Å². The van der Waals surface area contributed by atoms with E-state index in [0.29, 0.717) is 23.8 Å². The van der Waals surface area contributed by atoms with E-state index >= 15 is 0 Å². The molecule has 0 aliphatic rings. The molecule has 2 aromatic rings. The summed E-state index contributed by atoms with van der Waals surface area (Å²) in [5.74, 6) is 2.96. The Kier molecular flexibility index (Phi) is 10.6. The minimum atomic E-state index is -0.186. The van der Waals surface area contributed by atoms with Crippen LogP contribution < -0.4 is 10.6 Å². The number of hydrogen-bond donors (Lipinski definition) is 2. The van der Waals surface area contributed by atoms with Gasteiger partial charge in [-0.2, -0.15) is 0 Å². The highest BCUT2D eigenvalue weighted by atomic mass is 127. The van der Waals surface area contributed by atoms with Crippen molar-refractivity contribution in [1.82, 2.24) is 15.2 Å². The molecule has 2 N–H and O–H groups in total. The largest absolute Gasteiger partial charge is 0.375 e. The second kappa shape index (κ2) is 12.4. The average Bonchev–Trinajstić information content (AvgIpc) is 3.16. The maximum Gasteiger partial charge on any atom is 0.243 e. The monoisotopic (exact) mass is 527 g/mol. The van der Waals surface area contributed by atoms with Crippen LogP contribution in [0.25, 0.3) is 0 Å². The van der Waals surface area contributed by atoms with Crippen LogP contribution in [-0.4, -0.2) is 49.5 Å². The summed E-state index contributed by atoms with van der Waals surface area (Å²) in [7, 11) is 5.23. The van der Waals surface area contributed by atoms with Gasteiger partial charge in [-0.05, 0) is 25.1 Å². The van der Waals surface area contributed by atoms with Crippen LogP contribution in [0.2, 0.25) is 0 Å². The summed E-state index contributed by atoms with van der Waals surface area (Å²) in [5.41, 5.74) is 2.30. The lowest BCUT2D eigenvalue weighted by molar-refractivity contribution is -0.115. The Hall–Kier alpha value is -2.16. The topological polar surface area (TPSA) is 78.9 Å². The summed E-state index contributed by atoms with van der Waals surface area (Å²) in [5, 5.41) is 8.80. The third-order valence-corrected chi connectivity index (χ3v) is 5.02. The van der Waals surface area contributed by atoms with Gasteiger partial charge < -0.3 is 20.3 Å². The van der Waals surface area contributed by atoms with Crippen molar-refractivity contribution in [1.29, 1.82) is 0 Å². The van der Waals surface area contributed by atoms with Crippen molar-refractivity contribution >= 4 is 52.9 Å². The van der Waals surface area contributed by atoms with Crippen molar-refractivity contribution in [3.63, 3.8) is 0 Å². The molecule has 2 rings (SSSR count). The number of halogens is 1. The minimum Gasteiger partial charge on any atom is -0.375 e. The molecule has 0 aliphatic carbocycles. The molecule has 1 aromatic carbocycles. The molecule has 0 fully saturated rings.